The highest BCUT2D eigenvalue weighted by molar-refractivity contribution is 5.78. The minimum Gasteiger partial charge on any atom is -0.342 e. The first kappa shape index (κ1) is 13.8. The number of hydrogen-bond donors (Lipinski definition) is 1. The Kier molecular flexibility index (Phi) is 4.62. The van der Waals surface area contributed by atoms with Crippen molar-refractivity contribution in [1.82, 2.24) is 9.80 Å². The lowest BCUT2D eigenvalue weighted by molar-refractivity contribution is -0.134. The van der Waals surface area contributed by atoms with Gasteiger partial charge in [0.05, 0.1) is 6.54 Å². The summed E-state index contributed by atoms with van der Waals surface area (Å²) < 4.78 is 0. The minimum absolute atomic E-state index is 0.230. The second-order valence-electron chi connectivity index (χ2n) is 6.23. The van der Waals surface area contributed by atoms with Crippen molar-refractivity contribution < 1.29 is 4.79 Å². The molecule has 0 spiro atoms. The molecule has 0 aliphatic carbocycles. The molecule has 2 unspecified atom stereocenters. The van der Waals surface area contributed by atoms with Gasteiger partial charge in [-0.2, -0.15) is 0 Å². The van der Waals surface area contributed by atoms with E-state index in [9.17, 15) is 4.79 Å². The Balaban J connectivity index is 1.77. The monoisotopic (exact) mass is 253 g/mol. The van der Waals surface area contributed by atoms with E-state index >= 15 is 0 Å². The fourth-order valence-electron chi connectivity index (χ4n) is 2.86. The van der Waals surface area contributed by atoms with Crippen molar-refractivity contribution >= 4 is 5.91 Å². The molecule has 2 saturated heterocycles. The molecule has 0 aromatic carbocycles. The van der Waals surface area contributed by atoms with Crippen LogP contribution in [0.2, 0.25) is 0 Å². The van der Waals surface area contributed by atoms with Crippen LogP contribution in [-0.4, -0.2) is 54.5 Å². The molecule has 0 aromatic rings. The normalized spacial score (nSPS) is 31.6. The van der Waals surface area contributed by atoms with Crippen molar-refractivity contribution in [2.75, 3.05) is 32.7 Å². The van der Waals surface area contributed by atoms with Gasteiger partial charge >= 0.3 is 0 Å². The van der Waals surface area contributed by atoms with Crippen LogP contribution in [0.25, 0.3) is 0 Å². The lowest BCUT2D eigenvalue weighted by atomic mass is 9.94. The fourth-order valence-corrected chi connectivity index (χ4v) is 2.86. The molecule has 2 fully saturated rings. The third kappa shape index (κ3) is 3.45. The molecule has 2 atom stereocenters. The second-order valence-corrected chi connectivity index (χ2v) is 6.23. The number of carbonyl (C=O) groups is 1. The quantitative estimate of drug-likeness (QED) is 0.796. The molecule has 4 heteroatoms. The largest absolute Gasteiger partial charge is 0.342 e. The topological polar surface area (TPSA) is 49.6 Å². The van der Waals surface area contributed by atoms with Gasteiger partial charge in [-0.3, -0.25) is 9.69 Å². The number of likely N-dealkylation sites (tertiary alicyclic amines) is 2. The first-order valence-electron chi connectivity index (χ1n) is 7.32. The van der Waals surface area contributed by atoms with Gasteiger partial charge in [-0.15, -0.1) is 0 Å². The Morgan fingerprint density at radius 3 is 2.44 bits per heavy atom. The molecular formula is C14H27N3O. The van der Waals surface area contributed by atoms with E-state index in [0.717, 1.165) is 51.4 Å². The Hall–Kier alpha value is -0.610. The highest BCUT2D eigenvalue weighted by Gasteiger charge is 2.27. The third-order valence-electron chi connectivity index (χ3n) is 4.60. The van der Waals surface area contributed by atoms with Crippen LogP contribution in [-0.2, 0) is 4.79 Å². The third-order valence-corrected chi connectivity index (χ3v) is 4.60. The van der Waals surface area contributed by atoms with Crippen molar-refractivity contribution in [2.24, 2.45) is 17.6 Å². The average molecular weight is 253 g/mol. The Labute approximate surface area is 110 Å². The number of nitrogens with two attached hydrogens (primary N) is 1. The van der Waals surface area contributed by atoms with Crippen LogP contribution >= 0.6 is 0 Å². The molecule has 18 heavy (non-hydrogen) atoms. The van der Waals surface area contributed by atoms with E-state index in [1.807, 2.05) is 4.90 Å². The molecule has 2 aliphatic heterocycles. The molecular weight excluding hydrogens is 226 g/mol. The fraction of sp³-hybridized carbons (Fsp3) is 0.929. The van der Waals surface area contributed by atoms with Crippen LogP contribution in [0.15, 0.2) is 0 Å². The van der Waals surface area contributed by atoms with Gasteiger partial charge in [-0.05, 0) is 37.6 Å². The maximum absolute atomic E-state index is 12.2. The summed E-state index contributed by atoms with van der Waals surface area (Å²) >= 11 is 0. The molecule has 0 bridgehead atoms. The number of hydrogen-bond acceptors (Lipinski definition) is 3. The van der Waals surface area contributed by atoms with Gasteiger partial charge in [0.2, 0.25) is 5.91 Å². The molecule has 0 radical (unpaired) electrons. The number of piperidine rings is 2. The Morgan fingerprint density at radius 2 is 1.83 bits per heavy atom. The molecule has 2 heterocycles. The summed E-state index contributed by atoms with van der Waals surface area (Å²) in [6, 6.07) is 0.230. The van der Waals surface area contributed by atoms with Gasteiger partial charge in [0.25, 0.3) is 0 Å². The van der Waals surface area contributed by atoms with Crippen LogP contribution in [0.4, 0.5) is 0 Å². The van der Waals surface area contributed by atoms with Gasteiger partial charge in [0, 0.05) is 25.7 Å². The van der Waals surface area contributed by atoms with Crippen molar-refractivity contribution in [2.45, 2.75) is 39.2 Å². The molecule has 0 aromatic heterocycles. The van der Waals surface area contributed by atoms with E-state index in [4.69, 9.17) is 5.73 Å². The maximum atomic E-state index is 12.2. The maximum Gasteiger partial charge on any atom is 0.236 e. The molecule has 0 saturated carbocycles. The Morgan fingerprint density at radius 1 is 1.17 bits per heavy atom. The van der Waals surface area contributed by atoms with Crippen LogP contribution in [0.3, 0.4) is 0 Å². The number of carbonyl (C=O) groups excluding carboxylic acids is 1. The summed E-state index contributed by atoms with van der Waals surface area (Å²) in [5.41, 5.74) is 6.07. The van der Waals surface area contributed by atoms with Crippen LogP contribution in [0.1, 0.15) is 33.1 Å². The molecule has 2 rings (SSSR count). The van der Waals surface area contributed by atoms with Gasteiger partial charge < -0.3 is 10.6 Å². The second kappa shape index (κ2) is 6.02. The lowest BCUT2D eigenvalue weighted by Crippen LogP contribution is -2.51. The van der Waals surface area contributed by atoms with Gasteiger partial charge in [-0.1, -0.05) is 13.8 Å². The number of amides is 1. The van der Waals surface area contributed by atoms with E-state index in [-0.39, 0.29) is 6.04 Å². The number of rotatable bonds is 2. The molecule has 104 valence electrons. The Bertz CT molecular complexity index is 287. The van der Waals surface area contributed by atoms with E-state index in [1.165, 1.54) is 0 Å². The van der Waals surface area contributed by atoms with Gasteiger partial charge in [-0.25, -0.2) is 0 Å². The summed E-state index contributed by atoms with van der Waals surface area (Å²) in [5, 5.41) is 0. The first-order valence-corrected chi connectivity index (χ1v) is 7.32. The van der Waals surface area contributed by atoms with Gasteiger partial charge in [0.15, 0.2) is 0 Å². The SMILES string of the molecule is CC1CCN(C(=O)CN2CCC(C)C(N)C2)CC1. The zero-order chi connectivity index (χ0) is 13.1. The van der Waals surface area contributed by atoms with E-state index < -0.39 is 0 Å². The summed E-state index contributed by atoms with van der Waals surface area (Å²) in [6.07, 6.45) is 3.43. The smallest absolute Gasteiger partial charge is 0.236 e. The first-order chi connectivity index (χ1) is 8.56. The summed E-state index contributed by atoms with van der Waals surface area (Å²) in [7, 11) is 0. The predicted molar refractivity (Wildman–Crippen MR) is 73.2 cm³/mol. The highest BCUT2D eigenvalue weighted by atomic mass is 16.2. The van der Waals surface area contributed by atoms with Crippen LogP contribution in [0, 0.1) is 11.8 Å². The molecule has 2 aliphatic rings. The predicted octanol–water partition coefficient (Wildman–Crippen LogP) is 0.914. The summed E-state index contributed by atoms with van der Waals surface area (Å²) in [4.78, 5) is 16.5. The van der Waals surface area contributed by atoms with Crippen molar-refractivity contribution in [1.29, 1.82) is 0 Å². The molecule has 2 N–H and O–H groups in total. The highest BCUT2D eigenvalue weighted by Crippen LogP contribution is 2.18. The van der Waals surface area contributed by atoms with Crippen LogP contribution in [0.5, 0.6) is 0 Å². The summed E-state index contributed by atoms with van der Waals surface area (Å²) in [6.45, 7) is 8.81. The van der Waals surface area contributed by atoms with Crippen molar-refractivity contribution in [3.63, 3.8) is 0 Å². The van der Waals surface area contributed by atoms with Crippen molar-refractivity contribution in [3.05, 3.63) is 0 Å². The minimum atomic E-state index is 0.230. The zero-order valence-electron chi connectivity index (χ0n) is 11.8. The van der Waals surface area contributed by atoms with E-state index in [0.29, 0.717) is 18.4 Å². The zero-order valence-corrected chi connectivity index (χ0v) is 11.8. The van der Waals surface area contributed by atoms with Gasteiger partial charge in [0.1, 0.15) is 0 Å². The lowest BCUT2D eigenvalue weighted by Gasteiger charge is -2.37. The average Bonchev–Trinajstić information content (AvgIpc) is 2.34. The van der Waals surface area contributed by atoms with E-state index in [1.54, 1.807) is 0 Å². The number of nitrogens with zero attached hydrogens (tertiary/aromatic N) is 2. The van der Waals surface area contributed by atoms with E-state index in [2.05, 4.69) is 18.7 Å². The van der Waals surface area contributed by atoms with Crippen molar-refractivity contribution in [3.8, 4) is 0 Å². The van der Waals surface area contributed by atoms with Crippen LogP contribution < -0.4 is 5.73 Å². The molecule has 1 amide bonds. The molecule has 4 nitrogen and oxygen atoms in total. The standard InChI is InChI=1S/C14H27N3O/c1-11-3-7-17(8-4-11)14(18)10-16-6-5-12(2)13(15)9-16/h11-13H,3-10,15H2,1-2H3. The summed E-state index contributed by atoms with van der Waals surface area (Å²) in [5.74, 6) is 1.66.